The van der Waals surface area contributed by atoms with Crippen LogP contribution >= 0.6 is 46.4 Å². The second-order valence-electron chi connectivity index (χ2n) is 4.11. The van der Waals surface area contributed by atoms with Crippen LogP contribution in [0.2, 0.25) is 20.1 Å². The third-order valence-electron chi connectivity index (χ3n) is 2.50. The minimum atomic E-state index is -4.67. The fraction of sp³-hybridized carbons (Fsp3) is 0. The minimum Gasteiger partial charge on any atom is -0.399 e. The highest BCUT2D eigenvalue weighted by Crippen LogP contribution is 2.47. The number of halogens is 4. The van der Waals surface area contributed by atoms with Crippen LogP contribution in [0, 0.1) is 0 Å². The van der Waals surface area contributed by atoms with Gasteiger partial charge in [-0.05, 0) is 17.7 Å². The third kappa shape index (κ3) is 5.58. The highest BCUT2D eigenvalue weighted by Gasteiger charge is 2.19. The molecule has 6 N–H and O–H groups in total. The lowest BCUT2D eigenvalue weighted by molar-refractivity contribution is 0.381. The molecule has 0 atom stereocenters. The molecule has 126 valence electrons. The molecule has 2 aromatic carbocycles. The van der Waals surface area contributed by atoms with E-state index in [1.807, 2.05) is 0 Å². The van der Waals surface area contributed by atoms with E-state index in [-0.39, 0.29) is 25.8 Å². The van der Waals surface area contributed by atoms with Crippen LogP contribution in [0.25, 0.3) is 11.1 Å². The Bertz CT molecular complexity index is 789. The highest BCUT2D eigenvalue weighted by molar-refractivity contribution is 7.79. The Hall–Kier alpha value is -0.930. The first-order chi connectivity index (χ1) is 10.4. The molecule has 0 aliphatic carbocycles. The summed E-state index contributed by atoms with van der Waals surface area (Å²) in [4.78, 5) is 0. The van der Waals surface area contributed by atoms with Crippen LogP contribution < -0.4 is 11.5 Å². The maximum absolute atomic E-state index is 8.74. The first kappa shape index (κ1) is 20.1. The van der Waals surface area contributed by atoms with Gasteiger partial charge in [-0.2, -0.15) is 8.42 Å². The number of hydrogen-bond donors (Lipinski definition) is 4. The molecule has 6 nitrogen and oxygen atoms in total. The van der Waals surface area contributed by atoms with Crippen molar-refractivity contribution in [2.24, 2.45) is 0 Å². The van der Waals surface area contributed by atoms with Crippen LogP contribution in [-0.2, 0) is 10.4 Å². The summed E-state index contributed by atoms with van der Waals surface area (Å²) in [5.74, 6) is 0. The van der Waals surface area contributed by atoms with E-state index in [1.165, 1.54) is 0 Å². The molecule has 0 heterocycles. The van der Waals surface area contributed by atoms with Gasteiger partial charge in [0.2, 0.25) is 0 Å². The Balaban J connectivity index is 0.000000463. The zero-order valence-electron chi connectivity index (χ0n) is 11.1. The molecule has 0 saturated heterocycles. The van der Waals surface area contributed by atoms with Gasteiger partial charge in [-0.15, -0.1) is 0 Å². The molecule has 0 aromatic heterocycles. The summed E-state index contributed by atoms with van der Waals surface area (Å²) in [7, 11) is -4.67. The second kappa shape index (κ2) is 7.76. The van der Waals surface area contributed by atoms with Gasteiger partial charge in [0.1, 0.15) is 0 Å². The minimum absolute atomic E-state index is 0.174. The van der Waals surface area contributed by atoms with Crippen LogP contribution in [0.15, 0.2) is 24.3 Å². The summed E-state index contributed by atoms with van der Waals surface area (Å²) in [6.07, 6.45) is 0. The number of benzene rings is 2. The van der Waals surface area contributed by atoms with Gasteiger partial charge in [0.05, 0.1) is 25.8 Å². The van der Waals surface area contributed by atoms with E-state index in [1.54, 1.807) is 24.3 Å². The normalized spacial score (nSPS) is 10.9. The van der Waals surface area contributed by atoms with Crippen molar-refractivity contribution in [3.63, 3.8) is 0 Å². The lowest BCUT2D eigenvalue weighted by Crippen LogP contribution is -1.93. The summed E-state index contributed by atoms with van der Waals surface area (Å²) in [6.45, 7) is 0. The standard InChI is InChI=1S/C12H8Cl4N2.H2O4S/c13-8-7(5-1-3-6(17)4-2-5)9(14)11(16)12(18)10(8)15;1-5(2,3)4/h1-4H,17-18H2;(H2,1,2,3,4). The monoisotopic (exact) mass is 418 g/mol. The number of anilines is 2. The topological polar surface area (TPSA) is 127 Å². The van der Waals surface area contributed by atoms with Crippen LogP contribution in [0.1, 0.15) is 0 Å². The van der Waals surface area contributed by atoms with Crippen molar-refractivity contribution in [1.82, 2.24) is 0 Å². The van der Waals surface area contributed by atoms with Gasteiger partial charge in [0.15, 0.2) is 0 Å². The number of hydrogen-bond acceptors (Lipinski definition) is 4. The number of nitrogen functional groups attached to an aromatic ring is 2. The lowest BCUT2D eigenvalue weighted by atomic mass is 10.0. The molecule has 0 amide bonds. The lowest BCUT2D eigenvalue weighted by Gasteiger charge is -2.13. The SMILES string of the molecule is Nc1ccc(-c2c(Cl)c(Cl)c(N)c(Cl)c2Cl)cc1.O=S(=O)(O)O. The molecule has 11 heteroatoms. The van der Waals surface area contributed by atoms with Crippen molar-refractivity contribution in [3.8, 4) is 11.1 Å². The molecule has 2 rings (SSSR count). The van der Waals surface area contributed by atoms with E-state index in [0.29, 0.717) is 11.3 Å². The zero-order chi connectivity index (χ0) is 17.9. The molecular formula is C12H10Cl4N2O4S. The average Bonchev–Trinajstić information content (AvgIpc) is 2.43. The van der Waals surface area contributed by atoms with E-state index in [9.17, 15) is 0 Å². The molecule has 0 fully saturated rings. The molecule has 0 aliphatic heterocycles. The van der Waals surface area contributed by atoms with Crippen molar-refractivity contribution in [3.05, 3.63) is 44.4 Å². The quantitative estimate of drug-likeness (QED) is 0.306. The summed E-state index contributed by atoms with van der Waals surface area (Å²) in [5, 5.41) is 0.928. The van der Waals surface area contributed by atoms with Crippen LogP contribution in [0.5, 0.6) is 0 Å². The number of nitrogens with two attached hydrogens (primary N) is 2. The van der Waals surface area contributed by atoms with E-state index in [0.717, 1.165) is 5.56 Å². The molecule has 2 aromatic rings. The predicted molar refractivity (Wildman–Crippen MR) is 94.9 cm³/mol. The van der Waals surface area contributed by atoms with Crippen molar-refractivity contribution < 1.29 is 17.5 Å². The fourth-order valence-corrected chi connectivity index (χ4v) is 2.64. The highest BCUT2D eigenvalue weighted by atomic mass is 35.5. The van der Waals surface area contributed by atoms with Crippen LogP contribution in [0.3, 0.4) is 0 Å². The van der Waals surface area contributed by atoms with Crippen molar-refractivity contribution in [2.45, 2.75) is 0 Å². The van der Waals surface area contributed by atoms with Gasteiger partial charge >= 0.3 is 10.4 Å². The molecule has 0 radical (unpaired) electrons. The van der Waals surface area contributed by atoms with E-state index in [4.69, 9.17) is 75.4 Å². The van der Waals surface area contributed by atoms with Gasteiger partial charge in [-0.25, -0.2) is 0 Å². The Morgan fingerprint density at radius 3 is 1.48 bits per heavy atom. The summed E-state index contributed by atoms with van der Waals surface area (Å²) in [5.41, 5.74) is 13.5. The second-order valence-corrected chi connectivity index (χ2v) is 6.52. The van der Waals surface area contributed by atoms with Crippen molar-refractivity contribution in [2.75, 3.05) is 11.5 Å². The first-order valence-corrected chi connectivity index (χ1v) is 8.51. The van der Waals surface area contributed by atoms with E-state index >= 15 is 0 Å². The smallest absolute Gasteiger partial charge is 0.394 e. The maximum Gasteiger partial charge on any atom is 0.394 e. The number of rotatable bonds is 1. The summed E-state index contributed by atoms with van der Waals surface area (Å²) < 4.78 is 31.6. The Labute approximate surface area is 152 Å². The summed E-state index contributed by atoms with van der Waals surface area (Å²) >= 11 is 24.4. The average molecular weight is 420 g/mol. The van der Waals surface area contributed by atoms with Crippen molar-refractivity contribution >= 4 is 68.2 Å². The van der Waals surface area contributed by atoms with Gasteiger partial charge in [0.25, 0.3) is 0 Å². The molecule has 0 bridgehead atoms. The van der Waals surface area contributed by atoms with Gasteiger partial charge in [-0.1, -0.05) is 58.5 Å². The van der Waals surface area contributed by atoms with Gasteiger partial charge in [-0.3, -0.25) is 9.11 Å². The largest absolute Gasteiger partial charge is 0.399 e. The molecule has 0 spiro atoms. The van der Waals surface area contributed by atoms with Crippen LogP contribution in [-0.4, -0.2) is 17.5 Å². The van der Waals surface area contributed by atoms with Gasteiger partial charge < -0.3 is 11.5 Å². The van der Waals surface area contributed by atoms with Crippen LogP contribution in [0.4, 0.5) is 11.4 Å². The zero-order valence-corrected chi connectivity index (χ0v) is 14.9. The molecule has 23 heavy (non-hydrogen) atoms. The molecular weight excluding hydrogens is 410 g/mol. The third-order valence-corrected chi connectivity index (χ3v) is 4.23. The Kier molecular flexibility index (Phi) is 6.79. The Morgan fingerprint density at radius 1 is 0.783 bits per heavy atom. The molecule has 0 unspecified atom stereocenters. The molecule has 0 aliphatic rings. The Morgan fingerprint density at radius 2 is 1.13 bits per heavy atom. The first-order valence-electron chi connectivity index (χ1n) is 5.60. The fourth-order valence-electron chi connectivity index (χ4n) is 1.55. The summed E-state index contributed by atoms with van der Waals surface area (Å²) in [6, 6.07) is 7.04. The molecule has 0 saturated carbocycles. The van der Waals surface area contributed by atoms with Crippen molar-refractivity contribution in [1.29, 1.82) is 0 Å². The van der Waals surface area contributed by atoms with Gasteiger partial charge in [0, 0.05) is 11.3 Å². The predicted octanol–water partition coefficient (Wildman–Crippen LogP) is 4.48. The van der Waals surface area contributed by atoms with E-state index in [2.05, 4.69) is 0 Å². The maximum atomic E-state index is 8.74. The van der Waals surface area contributed by atoms with E-state index < -0.39 is 10.4 Å².